The second-order valence-corrected chi connectivity index (χ2v) is 6.69. The zero-order chi connectivity index (χ0) is 18.4. The predicted octanol–water partition coefficient (Wildman–Crippen LogP) is 3.15. The molecule has 0 saturated carbocycles. The SMILES string of the molecule is CC(C)C(NC(=O)c1ccc(Cl)cc1)C(=O)N(C)Cc1cccnc1. The lowest BCUT2D eigenvalue weighted by Gasteiger charge is -2.27. The summed E-state index contributed by atoms with van der Waals surface area (Å²) in [6.45, 7) is 4.25. The van der Waals surface area contributed by atoms with Gasteiger partial charge in [-0.25, -0.2) is 0 Å². The van der Waals surface area contributed by atoms with Gasteiger partial charge in [-0.05, 0) is 41.8 Å². The van der Waals surface area contributed by atoms with Crippen LogP contribution in [0.5, 0.6) is 0 Å². The van der Waals surface area contributed by atoms with Crippen molar-refractivity contribution in [3.05, 3.63) is 64.9 Å². The first-order valence-corrected chi connectivity index (χ1v) is 8.46. The molecule has 0 aliphatic carbocycles. The summed E-state index contributed by atoms with van der Waals surface area (Å²) in [7, 11) is 1.72. The molecule has 0 saturated heterocycles. The topological polar surface area (TPSA) is 62.3 Å². The summed E-state index contributed by atoms with van der Waals surface area (Å²) in [4.78, 5) is 30.9. The summed E-state index contributed by atoms with van der Waals surface area (Å²) in [5, 5.41) is 3.39. The molecule has 132 valence electrons. The minimum atomic E-state index is -0.607. The lowest BCUT2D eigenvalue weighted by atomic mass is 10.0. The summed E-state index contributed by atoms with van der Waals surface area (Å²) in [5.74, 6) is -0.472. The molecule has 0 radical (unpaired) electrons. The first kappa shape index (κ1) is 18.9. The van der Waals surface area contributed by atoms with Gasteiger partial charge in [-0.1, -0.05) is 31.5 Å². The number of benzene rings is 1. The molecule has 2 aromatic rings. The molecule has 1 atom stereocenters. The molecule has 1 unspecified atom stereocenters. The zero-order valence-electron chi connectivity index (χ0n) is 14.6. The molecule has 0 bridgehead atoms. The maximum absolute atomic E-state index is 12.8. The highest BCUT2D eigenvalue weighted by molar-refractivity contribution is 6.30. The quantitative estimate of drug-likeness (QED) is 0.861. The van der Waals surface area contributed by atoms with Crippen LogP contribution in [0, 0.1) is 5.92 Å². The molecule has 0 aliphatic heterocycles. The number of likely N-dealkylation sites (N-methyl/N-ethyl adjacent to an activating group) is 1. The standard InChI is InChI=1S/C19H22ClN3O2/c1-13(2)17(22-18(24)15-6-8-16(20)9-7-15)19(25)23(3)12-14-5-4-10-21-11-14/h4-11,13,17H,12H2,1-3H3,(H,22,24). The smallest absolute Gasteiger partial charge is 0.251 e. The van der Waals surface area contributed by atoms with Crippen LogP contribution in [0.4, 0.5) is 0 Å². The minimum Gasteiger partial charge on any atom is -0.340 e. The molecule has 6 heteroatoms. The first-order valence-electron chi connectivity index (χ1n) is 8.08. The van der Waals surface area contributed by atoms with Crippen molar-refractivity contribution >= 4 is 23.4 Å². The molecular weight excluding hydrogens is 338 g/mol. The average Bonchev–Trinajstić information content (AvgIpc) is 2.60. The van der Waals surface area contributed by atoms with E-state index in [1.165, 1.54) is 0 Å². The van der Waals surface area contributed by atoms with Gasteiger partial charge in [0.1, 0.15) is 6.04 Å². The molecule has 1 aromatic carbocycles. The summed E-state index contributed by atoms with van der Waals surface area (Å²) in [6.07, 6.45) is 3.41. The number of hydrogen-bond acceptors (Lipinski definition) is 3. The maximum atomic E-state index is 12.8. The van der Waals surface area contributed by atoms with Crippen LogP contribution in [0.3, 0.4) is 0 Å². The molecule has 0 aliphatic rings. The van der Waals surface area contributed by atoms with Crippen molar-refractivity contribution < 1.29 is 9.59 Å². The van der Waals surface area contributed by atoms with E-state index in [0.29, 0.717) is 17.1 Å². The van der Waals surface area contributed by atoms with Gasteiger partial charge in [-0.3, -0.25) is 14.6 Å². The predicted molar refractivity (Wildman–Crippen MR) is 98.3 cm³/mol. The molecule has 25 heavy (non-hydrogen) atoms. The Morgan fingerprint density at radius 1 is 1.20 bits per heavy atom. The number of rotatable bonds is 6. The number of amides is 2. The molecule has 1 heterocycles. The first-order chi connectivity index (χ1) is 11.9. The second-order valence-electron chi connectivity index (χ2n) is 6.26. The van der Waals surface area contributed by atoms with Gasteiger partial charge in [0.05, 0.1) is 0 Å². The van der Waals surface area contributed by atoms with Crippen LogP contribution in [0.2, 0.25) is 5.02 Å². The molecule has 5 nitrogen and oxygen atoms in total. The zero-order valence-corrected chi connectivity index (χ0v) is 15.3. The molecule has 2 amide bonds. The molecular formula is C19H22ClN3O2. The van der Waals surface area contributed by atoms with Crippen molar-refractivity contribution in [2.75, 3.05) is 7.05 Å². The van der Waals surface area contributed by atoms with Crippen molar-refractivity contribution in [2.24, 2.45) is 5.92 Å². The van der Waals surface area contributed by atoms with Gasteiger partial charge < -0.3 is 10.2 Å². The maximum Gasteiger partial charge on any atom is 0.251 e. The fraction of sp³-hybridized carbons (Fsp3) is 0.316. The van der Waals surface area contributed by atoms with Crippen molar-refractivity contribution in [2.45, 2.75) is 26.4 Å². The van der Waals surface area contributed by atoms with Crippen LogP contribution in [0.15, 0.2) is 48.8 Å². The number of carbonyl (C=O) groups is 2. The highest BCUT2D eigenvalue weighted by Gasteiger charge is 2.27. The normalized spacial score (nSPS) is 11.9. The minimum absolute atomic E-state index is 0.0416. The van der Waals surface area contributed by atoms with E-state index in [-0.39, 0.29) is 17.7 Å². The van der Waals surface area contributed by atoms with Gasteiger partial charge in [0, 0.05) is 36.6 Å². The number of carbonyl (C=O) groups excluding carboxylic acids is 2. The van der Waals surface area contributed by atoms with Crippen LogP contribution in [-0.2, 0) is 11.3 Å². The Kier molecular flexibility index (Phi) is 6.53. The van der Waals surface area contributed by atoms with Crippen molar-refractivity contribution in [3.8, 4) is 0 Å². The molecule has 0 spiro atoms. The van der Waals surface area contributed by atoms with Gasteiger partial charge in [0.2, 0.25) is 5.91 Å². The number of aromatic nitrogens is 1. The molecule has 2 rings (SSSR count). The third kappa shape index (κ3) is 5.29. The lowest BCUT2D eigenvalue weighted by Crippen LogP contribution is -2.50. The fourth-order valence-corrected chi connectivity index (χ4v) is 2.55. The van der Waals surface area contributed by atoms with Crippen LogP contribution >= 0.6 is 11.6 Å². The third-order valence-corrected chi connectivity index (χ3v) is 4.10. The number of nitrogens with zero attached hydrogens (tertiary/aromatic N) is 2. The van der Waals surface area contributed by atoms with Crippen LogP contribution in [0.25, 0.3) is 0 Å². The van der Waals surface area contributed by atoms with Gasteiger partial charge in [0.15, 0.2) is 0 Å². The molecule has 1 aromatic heterocycles. The molecule has 1 N–H and O–H groups in total. The number of nitrogens with one attached hydrogen (secondary N) is 1. The highest BCUT2D eigenvalue weighted by Crippen LogP contribution is 2.12. The lowest BCUT2D eigenvalue weighted by molar-refractivity contribution is -0.133. The Morgan fingerprint density at radius 2 is 1.88 bits per heavy atom. The highest BCUT2D eigenvalue weighted by atomic mass is 35.5. The fourth-order valence-electron chi connectivity index (χ4n) is 2.42. The van der Waals surface area contributed by atoms with E-state index in [9.17, 15) is 9.59 Å². The monoisotopic (exact) mass is 359 g/mol. The summed E-state index contributed by atoms with van der Waals surface area (Å²) in [6, 6.07) is 9.71. The Bertz CT molecular complexity index is 717. The van der Waals surface area contributed by atoms with E-state index >= 15 is 0 Å². The Labute approximate surface area is 153 Å². The van der Waals surface area contributed by atoms with Gasteiger partial charge >= 0.3 is 0 Å². The van der Waals surface area contributed by atoms with Crippen LogP contribution in [0.1, 0.15) is 29.8 Å². The van der Waals surface area contributed by atoms with Crippen LogP contribution < -0.4 is 5.32 Å². The second kappa shape index (κ2) is 8.62. The van der Waals surface area contributed by atoms with Gasteiger partial charge in [0.25, 0.3) is 5.91 Å². The van der Waals surface area contributed by atoms with Crippen molar-refractivity contribution in [3.63, 3.8) is 0 Å². The van der Waals surface area contributed by atoms with Crippen molar-refractivity contribution in [1.82, 2.24) is 15.2 Å². The van der Waals surface area contributed by atoms with E-state index in [0.717, 1.165) is 5.56 Å². The number of halogens is 1. The Morgan fingerprint density at radius 3 is 2.44 bits per heavy atom. The Balaban J connectivity index is 2.07. The van der Waals surface area contributed by atoms with Gasteiger partial charge in [-0.15, -0.1) is 0 Å². The average molecular weight is 360 g/mol. The summed E-state index contributed by atoms with van der Waals surface area (Å²) < 4.78 is 0. The molecule has 0 fully saturated rings. The number of pyridine rings is 1. The van der Waals surface area contributed by atoms with E-state index in [4.69, 9.17) is 11.6 Å². The third-order valence-electron chi connectivity index (χ3n) is 3.84. The largest absolute Gasteiger partial charge is 0.340 e. The van der Waals surface area contributed by atoms with Crippen LogP contribution in [-0.4, -0.2) is 34.8 Å². The Hall–Kier alpha value is -2.40. The summed E-state index contributed by atoms with van der Waals surface area (Å²) >= 11 is 5.84. The van der Waals surface area contributed by atoms with E-state index in [1.54, 1.807) is 48.6 Å². The van der Waals surface area contributed by atoms with Gasteiger partial charge in [-0.2, -0.15) is 0 Å². The van der Waals surface area contributed by atoms with E-state index < -0.39 is 6.04 Å². The summed E-state index contributed by atoms with van der Waals surface area (Å²) in [5.41, 5.74) is 1.41. The van der Waals surface area contributed by atoms with E-state index in [2.05, 4.69) is 10.3 Å². The van der Waals surface area contributed by atoms with Crippen molar-refractivity contribution in [1.29, 1.82) is 0 Å². The number of hydrogen-bond donors (Lipinski definition) is 1. The van der Waals surface area contributed by atoms with E-state index in [1.807, 2.05) is 26.0 Å².